The van der Waals surface area contributed by atoms with Crippen LogP contribution in [0.15, 0.2) is 0 Å². The van der Waals surface area contributed by atoms with Crippen molar-refractivity contribution in [2.75, 3.05) is 18.5 Å². The minimum Gasteiger partial charge on any atom is -0.307 e. The molecule has 2 aromatic heterocycles. The minimum atomic E-state index is -0.314. The number of aryl methyl sites for hydroxylation is 2. The predicted molar refractivity (Wildman–Crippen MR) is 87.1 cm³/mol. The lowest BCUT2D eigenvalue weighted by Gasteiger charge is -2.04. The summed E-state index contributed by atoms with van der Waals surface area (Å²) < 4.78 is 0. The Morgan fingerprint density at radius 1 is 0.840 bits per heavy atom. The average Bonchev–Trinajstić information content (AvgIpc) is 3.02. The number of nitrogens with one attached hydrogen (secondary N) is 1. The van der Waals surface area contributed by atoms with E-state index in [4.69, 9.17) is 20.8 Å². The number of hydrogen-bond donors (Lipinski definition) is 5. The van der Waals surface area contributed by atoms with Gasteiger partial charge in [0.25, 0.3) is 0 Å². The largest absolute Gasteiger partial charge is 0.307 e. The molecule has 0 unspecified atom stereocenters. The van der Waals surface area contributed by atoms with Crippen LogP contribution in [0.3, 0.4) is 0 Å². The van der Waals surface area contributed by atoms with Gasteiger partial charge in [-0.25, -0.2) is 9.97 Å². The van der Waals surface area contributed by atoms with Gasteiger partial charge in [0.05, 0.1) is 35.4 Å². The van der Waals surface area contributed by atoms with Gasteiger partial charge >= 0.3 is 0 Å². The van der Waals surface area contributed by atoms with Crippen molar-refractivity contribution < 1.29 is 30.5 Å². The lowest BCUT2D eigenvalue weighted by atomic mass is 10.3. The molecule has 11 nitrogen and oxygen atoms in total. The van der Waals surface area contributed by atoms with Crippen molar-refractivity contribution in [3.63, 3.8) is 0 Å². The van der Waals surface area contributed by atoms with Crippen LogP contribution in [0.4, 0.5) is 10.3 Å². The number of anilines is 2. The highest BCUT2D eigenvalue weighted by Crippen LogP contribution is 2.30. The third-order valence-corrected chi connectivity index (χ3v) is 5.34. The molecule has 0 radical (unpaired) electrons. The topological polar surface area (TPSA) is 144 Å². The standard InChI is InChI=1S/C12H19N5O6S2/c1-7-9(3-5-22-16(18)19)24-11(13-7)15-12-14-8(2)10(25-12)4-6-23-17(20)21/h18-21H,3-6H2,1-2H3,(H,13,14,15). The van der Waals surface area contributed by atoms with E-state index >= 15 is 0 Å². The summed E-state index contributed by atoms with van der Waals surface area (Å²) in [6.45, 7) is 3.95. The number of aromatic nitrogens is 2. The van der Waals surface area contributed by atoms with Gasteiger partial charge in [-0.1, -0.05) is 0 Å². The van der Waals surface area contributed by atoms with Crippen molar-refractivity contribution in [2.45, 2.75) is 26.7 Å². The Balaban J connectivity index is 1.93. The molecule has 0 saturated heterocycles. The van der Waals surface area contributed by atoms with E-state index in [1.165, 1.54) is 22.7 Å². The number of hydrogen-bond acceptors (Lipinski definition) is 13. The highest BCUT2D eigenvalue weighted by Gasteiger charge is 2.12. The number of thiazole rings is 2. The van der Waals surface area contributed by atoms with Crippen LogP contribution >= 0.6 is 22.7 Å². The van der Waals surface area contributed by atoms with E-state index < -0.39 is 0 Å². The lowest BCUT2D eigenvalue weighted by molar-refractivity contribution is -0.492. The van der Waals surface area contributed by atoms with Crippen LogP contribution in [0.1, 0.15) is 21.1 Å². The van der Waals surface area contributed by atoms with Crippen molar-refractivity contribution in [3.05, 3.63) is 21.1 Å². The first-order valence-electron chi connectivity index (χ1n) is 7.16. The third kappa shape index (κ3) is 6.52. The molecule has 0 atom stereocenters. The maximum Gasteiger partial charge on any atom is 0.189 e. The molecule has 25 heavy (non-hydrogen) atoms. The molecular formula is C12H19N5O6S2. The van der Waals surface area contributed by atoms with E-state index in [1.807, 2.05) is 13.8 Å². The van der Waals surface area contributed by atoms with Gasteiger partial charge in [0, 0.05) is 22.6 Å². The van der Waals surface area contributed by atoms with Gasteiger partial charge in [-0.15, -0.1) is 22.7 Å². The monoisotopic (exact) mass is 393 g/mol. The first kappa shape index (κ1) is 20.1. The molecule has 2 aromatic rings. The maximum absolute atomic E-state index is 8.52. The summed E-state index contributed by atoms with van der Waals surface area (Å²) in [7, 11) is 0. The molecule has 2 heterocycles. The van der Waals surface area contributed by atoms with Crippen LogP contribution in [0.2, 0.25) is 0 Å². The fraction of sp³-hybridized carbons (Fsp3) is 0.500. The summed E-state index contributed by atoms with van der Waals surface area (Å²) in [6.07, 6.45) is 0.974. The molecule has 0 amide bonds. The van der Waals surface area contributed by atoms with E-state index in [0.717, 1.165) is 21.1 Å². The Morgan fingerprint density at radius 2 is 1.24 bits per heavy atom. The minimum absolute atomic E-state index is 0.114. The van der Waals surface area contributed by atoms with Gasteiger partial charge in [0.2, 0.25) is 0 Å². The Labute approximate surface area is 151 Å². The zero-order valence-electron chi connectivity index (χ0n) is 13.5. The van der Waals surface area contributed by atoms with Crippen molar-refractivity contribution in [3.8, 4) is 0 Å². The Hall–Kier alpha value is -1.26. The van der Waals surface area contributed by atoms with E-state index in [-0.39, 0.29) is 24.0 Å². The molecular weight excluding hydrogens is 374 g/mol. The Kier molecular flexibility index (Phi) is 7.57. The van der Waals surface area contributed by atoms with E-state index in [0.29, 0.717) is 23.1 Å². The molecule has 0 aliphatic rings. The average molecular weight is 393 g/mol. The summed E-state index contributed by atoms with van der Waals surface area (Å²) in [5.41, 5.74) is 1.65. The fourth-order valence-corrected chi connectivity index (χ4v) is 3.91. The van der Waals surface area contributed by atoms with Crippen LogP contribution in [0.25, 0.3) is 0 Å². The molecule has 0 spiro atoms. The van der Waals surface area contributed by atoms with Crippen LogP contribution in [0.5, 0.6) is 0 Å². The van der Waals surface area contributed by atoms with Gasteiger partial charge in [-0.05, 0) is 13.8 Å². The van der Waals surface area contributed by atoms with Gasteiger partial charge in [-0.3, -0.25) is 30.5 Å². The summed E-state index contributed by atoms with van der Waals surface area (Å²) in [4.78, 5) is 19.8. The second kappa shape index (κ2) is 9.44. The van der Waals surface area contributed by atoms with Crippen LogP contribution in [-0.2, 0) is 22.5 Å². The van der Waals surface area contributed by atoms with E-state index in [9.17, 15) is 0 Å². The van der Waals surface area contributed by atoms with Gasteiger partial charge in [-0.2, -0.15) is 0 Å². The van der Waals surface area contributed by atoms with Crippen LogP contribution in [-0.4, -0.2) is 54.8 Å². The first-order chi connectivity index (χ1) is 11.8. The van der Waals surface area contributed by atoms with Crippen molar-refractivity contribution in [1.82, 2.24) is 20.7 Å². The van der Waals surface area contributed by atoms with Gasteiger partial charge < -0.3 is 5.32 Å². The second-order valence-corrected chi connectivity index (χ2v) is 7.02. The lowest BCUT2D eigenvalue weighted by Crippen LogP contribution is -2.16. The van der Waals surface area contributed by atoms with Crippen LogP contribution in [0, 0.1) is 13.8 Å². The Bertz CT molecular complexity index is 621. The predicted octanol–water partition coefficient (Wildman–Crippen LogP) is 2.07. The third-order valence-electron chi connectivity index (χ3n) is 3.07. The summed E-state index contributed by atoms with van der Waals surface area (Å²) >= 11 is 2.86. The Morgan fingerprint density at radius 3 is 1.60 bits per heavy atom. The number of rotatable bonds is 10. The van der Waals surface area contributed by atoms with Crippen LogP contribution < -0.4 is 5.32 Å². The van der Waals surface area contributed by atoms with E-state index in [2.05, 4.69) is 25.0 Å². The maximum atomic E-state index is 8.52. The normalized spacial score (nSPS) is 11.7. The molecule has 2 rings (SSSR count). The molecule has 140 valence electrons. The molecule has 5 N–H and O–H groups in total. The van der Waals surface area contributed by atoms with Crippen molar-refractivity contribution in [1.29, 1.82) is 0 Å². The highest BCUT2D eigenvalue weighted by molar-refractivity contribution is 7.17. The molecule has 0 aliphatic heterocycles. The molecule has 0 aromatic carbocycles. The van der Waals surface area contributed by atoms with Gasteiger partial charge in [0.15, 0.2) is 10.3 Å². The summed E-state index contributed by atoms with van der Waals surface area (Å²) in [6, 6.07) is 0. The summed E-state index contributed by atoms with van der Waals surface area (Å²) in [5.74, 6) is 0. The fourth-order valence-electron chi connectivity index (χ4n) is 1.96. The zero-order chi connectivity index (χ0) is 18.4. The zero-order valence-corrected chi connectivity index (χ0v) is 15.2. The highest BCUT2D eigenvalue weighted by atomic mass is 32.1. The van der Waals surface area contributed by atoms with E-state index in [1.54, 1.807) is 0 Å². The smallest absolute Gasteiger partial charge is 0.189 e. The molecule has 13 heteroatoms. The molecule has 0 bridgehead atoms. The van der Waals surface area contributed by atoms with Gasteiger partial charge in [0.1, 0.15) is 0 Å². The first-order valence-corrected chi connectivity index (χ1v) is 8.79. The number of nitrogens with zero attached hydrogens (tertiary/aromatic N) is 4. The van der Waals surface area contributed by atoms with Crippen molar-refractivity contribution in [2.24, 2.45) is 0 Å². The molecule has 0 fully saturated rings. The second-order valence-electron chi connectivity index (χ2n) is 4.85. The quantitative estimate of drug-likeness (QED) is 0.378. The van der Waals surface area contributed by atoms with Crippen molar-refractivity contribution >= 4 is 32.9 Å². The summed E-state index contributed by atoms with van der Waals surface area (Å²) in [5, 5.41) is 37.9. The SMILES string of the molecule is Cc1nc(Nc2nc(C)c(CCON(O)O)s2)sc1CCON(O)O. The molecule has 0 aliphatic carbocycles. The molecule has 0 saturated carbocycles.